The molecule has 2 nitrogen and oxygen atoms in total. The van der Waals surface area contributed by atoms with Crippen molar-refractivity contribution in [2.45, 2.75) is 6.92 Å². The maximum Gasteiger partial charge on any atom is 0.179 e. The Bertz CT molecular complexity index is 361. The van der Waals surface area contributed by atoms with E-state index in [1.54, 1.807) is 12.1 Å². The second-order valence-corrected chi connectivity index (χ2v) is 3.48. The van der Waals surface area contributed by atoms with Gasteiger partial charge in [-0.3, -0.25) is 4.79 Å². The van der Waals surface area contributed by atoms with E-state index >= 15 is 0 Å². The van der Waals surface area contributed by atoms with Crippen molar-refractivity contribution in [1.82, 2.24) is 0 Å². The van der Waals surface area contributed by atoms with Crippen molar-refractivity contribution < 1.29 is 9.53 Å². The lowest BCUT2D eigenvalue weighted by atomic mass is 10.1. The first-order valence-electron chi connectivity index (χ1n) is 4.04. The number of halogens is 2. The number of ether oxygens (including phenoxy) is 1. The van der Waals surface area contributed by atoms with Crippen LogP contribution in [0.5, 0.6) is 5.75 Å². The molecule has 0 heterocycles. The number of carbonyl (C=O) groups is 1. The number of Topliss-reactive ketones (excluding diaryl/α,β-unsaturated/α-hetero) is 1. The fourth-order valence-corrected chi connectivity index (χ4v) is 1.75. The van der Waals surface area contributed by atoms with Gasteiger partial charge in [-0.1, -0.05) is 17.7 Å². The molecule has 0 aliphatic rings. The van der Waals surface area contributed by atoms with Crippen LogP contribution in [0.2, 0.25) is 5.02 Å². The molecule has 1 aromatic carbocycles. The van der Waals surface area contributed by atoms with Gasteiger partial charge in [0.15, 0.2) is 5.78 Å². The number of hydrogen-bond donors (Lipinski definition) is 0. The van der Waals surface area contributed by atoms with Gasteiger partial charge in [-0.15, -0.1) is 11.6 Å². The maximum absolute atomic E-state index is 11.5. The number of alkyl halides is 1. The summed E-state index contributed by atoms with van der Waals surface area (Å²) < 4.78 is 5.01. The molecule has 4 heteroatoms. The van der Waals surface area contributed by atoms with Crippen LogP contribution in [0.15, 0.2) is 12.1 Å². The van der Waals surface area contributed by atoms with Gasteiger partial charge in [0.05, 0.1) is 18.0 Å². The molecule has 1 aromatic rings. The molecule has 0 amide bonds. The Hall–Kier alpha value is -0.730. The number of ketones is 1. The SMILES string of the molecule is COc1ccc(C)c(C(=O)CCl)c1Cl. The van der Waals surface area contributed by atoms with Crippen LogP contribution in [0.3, 0.4) is 0 Å². The van der Waals surface area contributed by atoms with Crippen LogP contribution in [-0.2, 0) is 0 Å². The summed E-state index contributed by atoms with van der Waals surface area (Å²) in [5, 5.41) is 0.332. The summed E-state index contributed by atoms with van der Waals surface area (Å²) in [7, 11) is 1.51. The fourth-order valence-electron chi connectivity index (χ4n) is 1.22. The zero-order chi connectivity index (χ0) is 10.7. The summed E-state index contributed by atoms with van der Waals surface area (Å²) in [5.41, 5.74) is 1.25. The molecule has 0 radical (unpaired) electrons. The fraction of sp³-hybridized carbons (Fsp3) is 0.300. The quantitative estimate of drug-likeness (QED) is 0.592. The summed E-state index contributed by atoms with van der Waals surface area (Å²) in [4.78, 5) is 11.5. The summed E-state index contributed by atoms with van der Waals surface area (Å²) in [5.74, 6) is 0.229. The molecule has 0 aliphatic heterocycles. The molecule has 76 valence electrons. The summed E-state index contributed by atoms with van der Waals surface area (Å²) >= 11 is 11.5. The average molecular weight is 233 g/mol. The van der Waals surface area contributed by atoms with Crippen LogP contribution < -0.4 is 4.74 Å². The maximum atomic E-state index is 11.5. The molecule has 1 rings (SSSR count). The lowest BCUT2D eigenvalue weighted by Gasteiger charge is -2.09. The first kappa shape index (κ1) is 11.3. The van der Waals surface area contributed by atoms with Crippen molar-refractivity contribution in [1.29, 1.82) is 0 Å². The van der Waals surface area contributed by atoms with Crippen LogP contribution in [0, 0.1) is 6.92 Å². The number of rotatable bonds is 3. The van der Waals surface area contributed by atoms with E-state index in [1.807, 2.05) is 6.92 Å². The van der Waals surface area contributed by atoms with Gasteiger partial charge in [-0.25, -0.2) is 0 Å². The van der Waals surface area contributed by atoms with Crippen LogP contribution >= 0.6 is 23.2 Å². The number of carbonyl (C=O) groups excluding carboxylic acids is 1. The van der Waals surface area contributed by atoms with E-state index in [0.717, 1.165) is 5.56 Å². The molecular formula is C10H10Cl2O2. The van der Waals surface area contributed by atoms with Gasteiger partial charge in [-0.05, 0) is 18.6 Å². The lowest BCUT2D eigenvalue weighted by molar-refractivity contribution is 0.102. The Morgan fingerprint density at radius 3 is 2.64 bits per heavy atom. The summed E-state index contributed by atoms with van der Waals surface area (Å²) in [6, 6.07) is 3.51. The van der Waals surface area contributed by atoms with Crippen LogP contribution in [0.25, 0.3) is 0 Å². The van der Waals surface area contributed by atoms with Crippen molar-refractivity contribution in [3.63, 3.8) is 0 Å². The molecule has 0 aromatic heterocycles. The van der Waals surface area contributed by atoms with Gasteiger partial charge in [0.2, 0.25) is 0 Å². The molecule has 0 bridgehead atoms. The minimum atomic E-state index is -0.187. The molecule has 14 heavy (non-hydrogen) atoms. The predicted octanol–water partition coefficient (Wildman–Crippen LogP) is 3.08. The highest BCUT2D eigenvalue weighted by Crippen LogP contribution is 2.30. The first-order chi connectivity index (χ1) is 6.61. The molecule has 0 saturated heterocycles. The minimum absolute atomic E-state index is 0.0757. The molecule has 0 fully saturated rings. The van der Waals surface area contributed by atoms with E-state index in [0.29, 0.717) is 16.3 Å². The van der Waals surface area contributed by atoms with E-state index < -0.39 is 0 Å². The zero-order valence-electron chi connectivity index (χ0n) is 7.93. The molecule has 0 atom stereocenters. The van der Waals surface area contributed by atoms with E-state index in [1.165, 1.54) is 7.11 Å². The Balaban J connectivity index is 3.32. The lowest BCUT2D eigenvalue weighted by Crippen LogP contribution is -2.05. The van der Waals surface area contributed by atoms with Gasteiger partial charge in [-0.2, -0.15) is 0 Å². The highest BCUT2D eigenvalue weighted by molar-refractivity contribution is 6.38. The highest BCUT2D eigenvalue weighted by atomic mass is 35.5. The third kappa shape index (κ3) is 2.02. The van der Waals surface area contributed by atoms with Gasteiger partial charge in [0, 0.05) is 5.56 Å². The average Bonchev–Trinajstić information content (AvgIpc) is 2.18. The van der Waals surface area contributed by atoms with E-state index in [-0.39, 0.29) is 11.7 Å². The van der Waals surface area contributed by atoms with Crippen LogP contribution in [-0.4, -0.2) is 18.8 Å². The van der Waals surface area contributed by atoms with Crippen molar-refractivity contribution >= 4 is 29.0 Å². The largest absolute Gasteiger partial charge is 0.495 e. The van der Waals surface area contributed by atoms with Gasteiger partial charge in [0.25, 0.3) is 0 Å². The standard InChI is InChI=1S/C10H10Cl2O2/c1-6-3-4-8(14-2)10(12)9(6)7(13)5-11/h3-4H,5H2,1-2H3. The third-order valence-corrected chi connectivity index (χ3v) is 2.55. The van der Waals surface area contributed by atoms with Crippen molar-refractivity contribution in [2.24, 2.45) is 0 Å². The minimum Gasteiger partial charge on any atom is -0.495 e. The smallest absolute Gasteiger partial charge is 0.179 e. The highest BCUT2D eigenvalue weighted by Gasteiger charge is 2.15. The monoisotopic (exact) mass is 232 g/mol. The van der Waals surface area contributed by atoms with E-state index in [4.69, 9.17) is 27.9 Å². The normalized spacial score (nSPS) is 10.0. The number of methoxy groups -OCH3 is 1. The third-order valence-electron chi connectivity index (χ3n) is 1.93. The van der Waals surface area contributed by atoms with Gasteiger partial charge >= 0.3 is 0 Å². The van der Waals surface area contributed by atoms with Crippen LogP contribution in [0.1, 0.15) is 15.9 Å². The predicted molar refractivity (Wildman–Crippen MR) is 57.8 cm³/mol. The van der Waals surface area contributed by atoms with Gasteiger partial charge in [0.1, 0.15) is 5.75 Å². The first-order valence-corrected chi connectivity index (χ1v) is 4.95. The number of aryl methyl sites for hydroxylation is 1. The molecule has 0 N–H and O–H groups in total. The topological polar surface area (TPSA) is 26.3 Å². The second kappa shape index (κ2) is 4.67. The Labute approximate surface area is 92.8 Å². The Morgan fingerprint density at radius 2 is 2.14 bits per heavy atom. The van der Waals surface area contributed by atoms with Gasteiger partial charge < -0.3 is 4.74 Å². The molecule has 0 spiro atoms. The summed E-state index contributed by atoms with van der Waals surface area (Å²) in [6.45, 7) is 1.81. The van der Waals surface area contributed by atoms with E-state index in [2.05, 4.69) is 0 Å². The number of benzene rings is 1. The second-order valence-electron chi connectivity index (χ2n) is 2.83. The van der Waals surface area contributed by atoms with E-state index in [9.17, 15) is 4.79 Å². The van der Waals surface area contributed by atoms with Crippen molar-refractivity contribution in [3.8, 4) is 5.75 Å². The molecule has 0 aliphatic carbocycles. The van der Waals surface area contributed by atoms with Crippen molar-refractivity contribution in [2.75, 3.05) is 13.0 Å². The Kier molecular flexibility index (Phi) is 3.78. The molecule has 0 saturated carbocycles. The van der Waals surface area contributed by atoms with Crippen molar-refractivity contribution in [3.05, 3.63) is 28.3 Å². The van der Waals surface area contributed by atoms with Crippen LogP contribution in [0.4, 0.5) is 0 Å². The molecule has 0 unspecified atom stereocenters. The zero-order valence-corrected chi connectivity index (χ0v) is 9.45. The molecular weight excluding hydrogens is 223 g/mol. The Morgan fingerprint density at radius 1 is 1.50 bits per heavy atom. The number of hydrogen-bond acceptors (Lipinski definition) is 2. The summed E-state index contributed by atoms with van der Waals surface area (Å²) in [6.07, 6.45) is 0.